The third-order valence-corrected chi connectivity index (χ3v) is 2.20. The van der Waals surface area contributed by atoms with Gasteiger partial charge < -0.3 is 14.4 Å². The topological polar surface area (TPSA) is 56.6 Å². The molecule has 1 amide bonds. The fourth-order valence-electron chi connectivity index (χ4n) is 1.42. The highest BCUT2D eigenvalue weighted by molar-refractivity contribution is 5.67. The van der Waals surface area contributed by atoms with Gasteiger partial charge in [-0.05, 0) is 20.8 Å². The Morgan fingerprint density at radius 3 is 2.14 bits per heavy atom. The quantitative estimate of drug-likeness (QED) is 0.850. The van der Waals surface area contributed by atoms with Gasteiger partial charge in [0.25, 0.3) is 0 Å². The van der Waals surface area contributed by atoms with Gasteiger partial charge in [0.2, 0.25) is 5.88 Å². The van der Waals surface area contributed by atoms with Crippen molar-refractivity contribution >= 4 is 6.09 Å². The smallest absolute Gasteiger partial charge is 0.410 e. The first-order chi connectivity index (χ1) is 10.2. The van der Waals surface area contributed by atoms with Crippen LogP contribution in [0.15, 0.2) is 6.07 Å². The molecule has 0 saturated carbocycles. The fourth-order valence-corrected chi connectivity index (χ4v) is 1.42. The Kier molecular flexibility index (Phi) is 11.2. The molecule has 0 unspecified atom stereocenters. The number of aromatic nitrogens is 2. The number of nitrogens with zero attached hydrogens (tertiary/aromatic N) is 3. The largest absolute Gasteiger partial charge is 0.481 e. The molecule has 0 fully saturated rings. The molecular weight excluding hydrogens is 282 g/mol. The molecule has 22 heavy (non-hydrogen) atoms. The zero-order valence-electron chi connectivity index (χ0n) is 15.9. The lowest BCUT2D eigenvalue weighted by Crippen LogP contribution is -2.33. The van der Waals surface area contributed by atoms with Crippen molar-refractivity contribution in [3.05, 3.63) is 11.8 Å². The van der Waals surface area contributed by atoms with Crippen molar-refractivity contribution < 1.29 is 14.3 Å². The van der Waals surface area contributed by atoms with Gasteiger partial charge in [-0.2, -0.15) is 5.10 Å². The summed E-state index contributed by atoms with van der Waals surface area (Å²) in [6.07, 6.45) is -0.368. The van der Waals surface area contributed by atoms with Gasteiger partial charge >= 0.3 is 6.09 Å². The number of methoxy groups -OCH3 is 1. The van der Waals surface area contributed by atoms with Crippen LogP contribution in [0.25, 0.3) is 0 Å². The predicted octanol–water partition coefficient (Wildman–Crippen LogP) is 3.85. The molecule has 0 atom stereocenters. The van der Waals surface area contributed by atoms with Crippen LogP contribution in [0.5, 0.6) is 5.88 Å². The standard InChI is InChI=1S/C12H21N3O3.2C2H6/c1-12(2,3)18-11(16)14(4)8-9-7-10(17-6)15(5)13-9;2*1-2/h7H,8H2,1-6H3;2*1-2H3. The molecule has 6 nitrogen and oxygen atoms in total. The molecule has 1 aromatic heterocycles. The van der Waals surface area contributed by atoms with Gasteiger partial charge in [0.1, 0.15) is 5.60 Å². The van der Waals surface area contributed by atoms with E-state index in [2.05, 4.69) is 5.10 Å². The molecule has 0 N–H and O–H groups in total. The van der Waals surface area contributed by atoms with E-state index >= 15 is 0 Å². The van der Waals surface area contributed by atoms with Crippen LogP contribution in [0.1, 0.15) is 54.2 Å². The minimum atomic E-state index is -0.493. The number of carbonyl (C=O) groups excluding carboxylic acids is 1. The van der Waals surface area contributed by atoms with E-state index in [1.165, 1.54) is 4.90 Å². The molecule has 0 spiro atoms. The van der Waals surface area contributed by atoms with Crippen LogP contribution in [-0.2, 0) is 18.3 Å². The van der Waals surface area contributed by atoms with Gasteiger partial charge in [-0.15, -0.1) is 0 Å². The summed E-state index contributed by atoms with van der Waals surface area (Å²) in [7, 11) is 5.05. The maximum Gasteiger partial charge on any atom is 0.410 e. The maximum absolute atomic E-state index is 11.8. The van der Waals surface area contributed by atoms with Gasteiger partial charge in [0, 0.05) is 20.2 Å². The zero-order valence-corrected chi connectivity index (χ0v) is 15.9. The van der Waals surface area contributed by atoms with E-state index in [0.717, 1.165) is 5.69 Å². The third-order valence-electron chi connectivity index (χ3n) is 2.20. The van der Waals surface area contributed by atoms with Crippen LogP contribution in [-0.4, -0.2) is 40.5 Å². The van der Waals surface area contributed by atoms with Crippen molar-refractivity contribution in [2.75, 3.05) is 14.2 Å². The summed E-state index contributed by atoms with van der Waals surface area (Å²) >= 11 is 0. The molecule has 130 valence electrons. The van der Waals surface area contributed by atoms with E-state index in [9.17, 15) is 4.79 Å². The molecule has 6 heteroatoms. The van der Waals surface area contributed by atoms with E-state index < -0.39 is 5.60 Å². The van der Waals surface area contributed by atoms with Crippen LogP contribution in [0, 0.1) is 0 Å². The molecule has 1 heterocycles. The van der Waals surface area contributed by atoms with E-state index in [-0.39, 0.29) is 6.09 Å². The number of rotatable bonds is 3. The Morgan fingerprint density at radius 2 is 1.77 bits per heavy atom. The molecule has 0 aliphatic heterocycles. The molecule has 0 aromatic carbocycles. The van der Waals surface area contributed by atoms with Crippen molar-refractivity contribution in [2.24, 2.45) is 7.05 Å². The first kappa shape index (κ1) is 22.6. The average Bonchev–Trinajstić information content (AvgIpc) is 2.81. The second-order valence-corrected chi connectivity index (χ2v) is 5.14. The summed E-state index contributed by atoms with van der Waals surface area (Å²) in [5, 5.41) is 4.24. The number of ether oxygens (including phenoxy) is 2. The molecule has 1 aromatic rings. The average molecular weight is 315 g/mol. The lowest BCUT2D eigenvalue weighted by molar-refractivity contribution is 0.0283. The second-order valence-electron chi connectivity index (χ2n) is 5.14. The van der Waals surface area contributed by atoms with Crippen LogP contribution in [0.3, 0.4) is 0 Å². The Balaban J connectivity index is 0. The van der Waals surface area contributed by atoms with Crippen molar-refractivity contribution in [1.82, 2.24) is 14.7 Å². The monoisotopic (exact) mass is 315 g/mol. The van der Waals surface area contributed by atoms with E-state index in [0.29, 0.717) is 12.4 Å². The highest BCUT2D eigenvalue weighted by atomic mass is 16.6. The molecule has 0 bridgehead atoms. The molecule has 0 aliphatic carbocycles. The highest BCUT2D eigenvalue weighted by Gasteiger charge is 2.20. The molecule has 0 aliphatic rings. The summed E-state index contributed by atoms with van der Waals surface area (Å²) in [5.74, 6) is 0.655. The molecule has 0 saturated heterocycles. The van der Waals surface area contributed by atoms with Crippen LogP contribution in [0.2, 0.25) is 0 Å². The lowest BCUT2D eigenvalue weighted by atomic mass is 10.2. The fraction of sp³-hybridized carbons (Fsp3) is 0.750. The molecule has 1 rings (SSSR count). The van der Waals surface area contributed by atoms with Gasteiger partial charge in [-0.1, -0.05) is 27.7 Å². The van der Waals surface area contributed by atoms with Crippen LogP contribution < -0.4 is 4.74 Å². The number of hydrogen-bond donors (Lipinski definition) is 0. The summed E-state index contributed by atoms with van der Waals surface area (Å²) < 4.78 is 12.0. The highest BCUT2D eigenvalue weighted by Crippen LogP contribution is 2.14. The van der Waals surface area contributed by atoms with Gasteiger partial charge in [-0.3, -0.25) is 0 Å². The SMILES string of the molecule is CC.CC.COc1cc(CN(C)C(=O)OC(C)(C)C)nn1C. The third kappa shape index (κ3) is 8.54. The van der Waals surface area contributed by atoms with Gasteiger partial charge in [-0.25, -0.2) is 9.48 Å². The molecule has 0 radical (unpaired) electrons. The van der Waals surface area contributed by atoms with Crippen LogP contribution in [0.4, 0.5) is 4.79 Å². The first-order valence-corrected chi connectivity index (χ1v) is 7.74. The number of amides is 1. The van der Waals surface area contributed by atoms with E-state index in [4.69, 9.17) is 9.47 Å². The maximum atomic E-state index is 11.8. The van der Waals surface area contributed by atoms with Gasteiger partial charge in [0.05, 0.1) is 19.3 Å². The summed E-state index contributed by atoms with van der Waals surface area (Å²) in [5.41, 5.74) is 0.260. The number of hydrogen-bond acceptors (Lipinski definition) is 4. The summed E-state index contributed by atoms with van der Waals surface area (Å²) in [6.45, 7) is 13.9. The van der Waals surface area contributed by atoms with Crippen molar-refractivity contribution in [2.45, 2.75) is 60.6 Å². The predicted molar refractivity (Wildman–Crippen MR) is 90.2 cm³/mol. The molecular formula is C16H33N3O3. The van der Waals surface area contributed by atoms with Crippen molar-refractivity contribution in [3.8, 4) is 5.88 Å². The minimum absolute atomic E-state index is 0.368. The van der Waals surface area contributed by atoms with Crippen molar-refractivity contribution in [3.63, 3.8) is 0 Å². The Hall–Kier alpha value is -1.72. The zero-order chi connectivity index (χ0) is 17.9. The Labute approximate surface area is 135 Å². The van der Waals surface area contributed by atoms with Gasteiger partial charge in [0.15, 0.2) is 0 Å². The van der Waals surface area contributed by atoms with Crippen molar-refractivity contribution in [1.29, 1.82) is 0 Å². The second kappa shape index (κ2) is 10.9. The van der Waals surface area contributed by atoms with E-state index in [1.54, 1.807) is 32.0 Å². The lowest BCUT2D eigenvalue weighted by Gasteiger charge is -2.24. The Morgan fingerprint density at radius 1 is 1.27 bits per heavy atom. The summed E-state index contributed by atoms with van der Waals surface area (Å²) in [6, 6.07) is 1.79. The van der Waals surface area contributed by atoms with Crippen LogP contribution >= 0.6 is 0 Å². The normalized spacial score (nSPS) is 9.73. The Bertz CT molecular complexity index is 423. The minimum Gasteiger partial charge on any atom is -0.481 e. The number of carbonyl (C=O) groups is 1. The summed E-state index contributed by atoms with van der Waals surface area (Å²) in [4.78, 5) is 13.2. The first-order valence-electron chi connectivity index (χ1n) is 7.74. The van der Waals surface area contributed by atoms with E-state index in [1.807, 2.05) is 48.5 Å². The number of aryl methyl sites for hydroxylation is 1.